The molecule has 4 aliphatic carbocycles. The van der Waals surface area contributed by atoms with Crippen LogP contribution in [-0.4, -0.2) is 51.0 Å². The zero-order chi connectivity index (χ0) is 31.8. The molecule has 0 radical (unpaired) electrons. The molecule has 0 heterocycles. The highest BCUT2D eigenvalue weighted by atomic mass is 32.2. The van der Waals surface area contributed by atoms with Gasteiger partial charge < -0.3 is 10.2 Å². The molecule has 4 saturated carbocycles. The molecular weight excluding hydrogens is 582 g/mol. The van der Waals surface area contributed by atoms with Crippen LogP contribution in [0.1, 0.15) is 60.8 Å². The highest BCUT2D eigenvalue weighted by Crippen LogP contribution is 2.60. The molecule has 7 nitrogen and oxygen atoms in total. The fraction of sp³-hybridized carbons (Fsp3) is 0.459. The van der Waals surface area contributed by atoms with Crippen LogP contribution < -0.4 is 9.62 Å². The monoisotopic (exact) mass is 627 g/mol. The van der Waals surface area contributed by atoms with Crippen molar-refractivity contribution in [3.05, 3.63) is 101 Å². The fourth-order valence-corrected chi connectivity index (χ4v) is 9.52. The summed E-state index contributed by atoms with van der Waals surface area (Å²) in [5.74, 6) is 1.69. The Morgan fingerprint density at radius 1 is 0.844 bits per heavy atom. The average molecular weight is 628 g/mol. The largest absolute Gasteiger partial charge is 0.357 e. The van der Waals surface area contributed by atoms with Crippen molar-refractivity contribution in [2.24, 2.45) is 17.8 Å². The standard InChI is InChI=1S/C37H45N3O4S/c1-26-9-11-28(12-10-26)24-39(34(36(42)38-2)20-27-7-5-4-6-8-27)35(41)25-40(45(3,43)44)33-15-13-32(14-16-33)37-21-29-17-30(22-37)19-31(18-29)23-37/h4-16,29-31,34H,17-25H2,1-3H3,(H,38,42)/t29?,30?,31?,34-,37?/m0/s1. The summed E-state index contributed by atoms with van der Waals surface area (Å²) in [6.07, 6.45) is 9.20. The van der Waals surface area contributed by atoms with Gasteiger partial charge in [0.1, 0.15) is 12.6 Å². The number of nitrogens with one attached hydrogen (secondary N) is 1. The van der Waals surface area contributed by atoms with Crippen molar-refractivity contribution in [2.45, 2.75) is 69.9 Å². The minimum absolute atomic E-state index is 0.173. The van der Waals surface area contributed by atoms with Gasteiger partial charge in [0.05, 0.1) is 11.9 Å². The molecule has 4 aliphatic rings. The number of nitrogens with zero attached hydrogens (tertiary/aromatic N) is 2. The first-order valence-electron chi connectivity index (χ1n) is 16.2. The Labute approximate surface area is 268 Å². The zero-order valence-electron chi connectivity index (χ0n) is 26.6. The molecule has 0 spiro atoms. The highest BCUT2D eigenvalue weighted by molar-refractivity contribution is 7.92. The van der Waals surface area contributed by atoms with Gasteiger partial charge in [-0.25, -0.2) is 8.42 Å². The third-order valence-electron chi connectivity index (χ3n) is 10.5. The molecule has 1 atom stereocenters. The van der Waals surface area contributed by atoms with Gasteiger partial charge in [0, 0.05) is 20.0 Å². The molecule has 0 unspecified atom stereocenters. The van der Waals surface area contributed by atoms with Crippen molar-refractivity contribution in [3.63, 3.8) is 0 Å². The molecule has 4 fully saturated rings. The molecule has 238 valence electrons. The Morgan fingerprint density at radius 2 is 1.42 bits per heavy atom. The van der Waals surface area contributed by atoms with Crippen LogP contribution in [0.3, 0.4) is 0 Å². The average Bonchev–Trinajstić information content (AvgIpc) is 3.01. The summed E-state index contributed by atoms with van der Waals surface area (Å²) in [5, 5.41) is 2.73. The van der Waals surface area contributed by atoms with Crippen LogP contribution in [0, 0.1) is 24.7 Å². The molecule has 45 heavy (non-hydrogen) atoms. The van der Waals surface area contributed by atoms with Crippen molar-refractivity contribution in [1.29, 1.82) is 0 Å². The summed E-state index contributed by atoms with van der Waals surface area (Å²) < 4.78 is 27.6. The van der Waals surface area contributed by atoms with E-state index in [-0.39, 0.29) is 17.9 Å². The van der Waals surface area contributed by atoms with E-state index in [0.717, 1.165) is 40.7 Å². The van der Waals surface area contributed by atoms with Crippen LogP contribution in [0.2, 0.25) is 0 Å². The Balaban J connectivity index is 1.29. The topological polar surface area (TPSA) is 86.8 Å². The summed E-state index contributed by atoms with van der Waals surface area (Å²) >= 11 is 0. The predicted molar refractivity (Wildman–Crippen MR) is 178 cm³/mol. The summed E-state index contributed by atoms with van der Waals surface area (Å²) in [7, 11) is -2.25. The molecule has 4 bridgehead atoms. The third-order valence-corrected chi connectivity index (χ3v) is 11.6. The third kappa shape index (κ3) is 6.81. The van der Waals surface area contributed by atoms with Crippen molar-refractivity contribution in [2.75, 3.05) is 24.2 Å². The van der Waals surface area contributed by atoms with E-state index >= 15 is 0 Å². The maximum Gasteiger partial charge on any atom is 0.244 e. The SMILES string of the molecule is CNC(=O)[C@H](Cc1ccccc1)N(Cc1ccc(C)cc1)C(=O)CN(c1ccc(C23CC4CC(CC(C4)C2)C3)cc1)S(C)(=O)=O. The van der Waals surface area contributed by atoms with Crippen molar-refractivity contribution in [3.8, 4) is 0 Å². The maximum atomic E-state index is 14.2. The molecule has 1 N–H and O–H groups in total. The van der Waals surface area contributed by atoms with Gasteiger partial charge in [-0.05, 0) is 97.4 Å². The lowest BCUT2D eigenvalue weighted by atomic mass is 9.48. The predicted octanol–water partition coefficient (Wildman–Crippen LogP) is 5.61. The molecule has 0 aromatic heterocycles. The van der Waals surface area contributed by atoms with Crippen LogP contribution in [0.4, 0.5) is 5.69 Å². The fourth-order valence-electron chi connectivity index (χ4n) is 8.67. The van der Waals surface area contributed by atoms with E-state index in [2.05, 4.69) is 17.4 Å². The van der Waals surface area contributed by atoms with Gasteiger partial charge >= 0.3 is 0 Å². The Kier molecular flexibility index (Phi) is 8.79. The Hall–Kier alpha value is -3.65. The first kappa shape index (κ1) is 31.3. The van der Waals surface area contributed by atoms with E-state index in [4.69, 9.17) is 0 Å². The molecule has 7 rings (SSSR count). The van der Waals surface area contributed by atoms with Gasteiger partial charge in [-0.3, -0.25) is 13.9 Å². The maximum absolute atomic E-state index is 14.2. The van der Waals surface area contributed by atoms with Crippen molar-refractivity contribution in [1.82, 2.24) is 10.2 Å². The van der Waals surface area contributed by atoms with Crippen LogP contribution in [-0.2, 0) is 38.0 Å². The summed E-state index contributed by atoms with van der Waals surface area (Å²) in [5.41, 5.74) is 4.82. The molecule has 0 aliphatic heterocycles. The number of benzene rings is 3. The summed E-state index contributed by atoms with van der Waals surface area (Å²) in [4.78, 5) is 29.1. The highest BCUT2D eigenvalue weighted by Gasteiger charge is 2.51. The second-order valence-electron chi connectivity index (χ2n) is 13.8. The minimum Gasteiger partial charge on any atom is -0.357 e. The van der Waals surface area contributed by atoms with E-state index in [1.165, 1.54) is 53.3 Å². The number of aryl methyl sites for hydroxylation is 1. The summed E-state index contributed by atoms with van der Waals surface area (Å²) in [6, 6.07) is 24.5. The van der Waals surface area contributed by atoms with E-state index in [0.29, 0.717) is 12.1 Å². The summed E-state index contributed by atoms with van der Waals surface area (Å²) in [6.45, 7) is 1.77. The van der Waals surface area contributed by atoms with Crippen molar-refractivity contribution >= 4 is 27.5 Å². The molecule has 3 aromatic carbocycles. The zero-order valence-corrected chi connectivity index (χ0v) is 27.4. The van der Waals surface area contributed by atoms with E-state index < -0.39 is 28.5 Å². The minimum atomic E-state index is -3.81. The number of rotatable bonds is 11. The molecule has 3 aromatic rings. The van der Waals surface area contributed by atoms with Gasteiger partial charge in [-0.1, -0.05) is 72.3 Å². The number of hydrogen-bond donors (Lipinski definition) is 1. The molecule has 8 heteroatoms. The number of carbonyl (C=O) groups excluding carboxylic acids is 2. The number of sulfonamides is 1. The molecular formula is C37H45N3O4S. The second kappa shape index (κ2) is 12.6. The second-order valence-corrected chi connectivity index (χ2v) is 15.7. The Bertz CT molecular complexity index is 1590. The lowest BCUT2D eigenvalue weighted by Crippen LogP contribution is -2.52. The van der Waals surface area contributed by atoms with E-state index in [9.17, 15) is 18.0 Å². The smallest absolute Gasteiger partial charge is 0.244 e. The van der Waals surface area contributed by atoms with E-state index in [1.807, 2.05) is 73.7 Å². The van der Waals surface area contributed by atoms with Crippen molar-refractivity contribution < 1.29 is 18.0 Å². The van der Waals surface area contributed by atoms with Crippen LogP contribution in [0.5, 0.6) is 0 Å². The molecule has 2 amide bonds. The molecule has 0 saturated heterocycles. The normalized spacial score (nSPS) is 24.2. The van der Waals surface area contributed by atoms with Crippen LogP contribution in [0.15, 0.2) is 78.9 Å². The van der Waals surface area contributed by atoms with Gasteiger partial charge in [0.2, 0.25) is 21.8 Å². The van der Waals surface area contributed by atoms with Gasteiger partial charge in [0.15, 0.2) is 0 Å². The quantitative estimate of drug-likeness (QED) is 0.299. The number of likely N-dealkylation sites (N-methyl/N-ethyl adjacent to an activating group) is 1. The number of amides is 2. The van der Waals surface area contributed by atoms with Crippen LogP contribution >= 0.6 is 0 Å². The van der Waals surface area contributed by atoms with Gasteiger partial charge in [-0.15, -0.1) is 0 Å². The Morgan fingerprint density at radius 3 is 1.96 bits per heavy atom. The lowest BCUT2D eigenvalue weighted by molar-refractivity contribution is -0.139. The first-order chi connectivity index (χ1) is 21.5. The lowest BCUT2D eigenvalue weighted by Gasteiger charge is -2.57. The van der Waals surface area contributed by atoms with Gasteiger partial charge in [0.25, 0.3) is 0 Å². The van der Waals surface area contributed by atoms with Gasteiger partial charge in [-0.2, -0.15) is 0 Å². The number of hydrogen-bond acceptors (Lipinski definition) is 4. The number of anilines is 1. The van der Waals surface area contributed by atoms with E-state index in [1.54, 1.807) is 7.05 Å². The first-order valence-corrected chi connectivity index (χ1v) is 18.1. The number of carbonyl (C=O) groups is 2. The van der Waals surface area contributed by atoms with Crippen LogP contribution in [0.25, 0.3) is 0 Å².